The molecular formula is C20H21ClN2O3. The largest absolute Gasteiger partial charge is 0.495 e. The summed E-state index contributed by atoms with van der Waals surface area (Å²) < 4.78 is 5.29. The highest BCUT2D eigenvalue weighted by molar-refractivity contribution is 6.31. The Morgan fingerprint density at radius 1 is 1.31 bits per heavy atom. The van der Waals surface area contributed by atoms with E-state index < -0.39 is 0 Å². The van der Waals surface area contributed by atoms with Gasteiger partial charge in [0.05, 0.1) is 18.7 Å². The number of ether oxygens (including phenoxy) is 1. The SMILES string of the molecule is COc1cc(Cl)c(C)cc1NC(=O)C1CC(=O)N(Cc2ccccc2)C1. The number of likely N-dealkylation sites (tertiary alicyclic amines) is 1. The molecule has 26 heavy (non-hydrogen) atoms. The summed E-state index contributed by atoms with van der Waals surface area (Å²) in [6.07, 6.45) is 0.216. The van der Waals surface area contributed by atoms with Gasteiger partial charge in [-0.25, -0.2) is 0 Å². The van der Waals surface area contributed by atoms with Gasteiger partial charge in [0.25, 0.3) is 0 Å². The van der Waals surface area contributed by atoms with E-state index in [1.165, 1.54) is 7.11 Å². The molecule has 136 valence electrons. The third kappa shape index (κ3) is 3.99. The van der Waals surface area contributed by atoms with Crippen molar-refractivity contribution >= 4 is 29.1 Å². The fraction of sp³-hybridized carbons (Fsp3) is 0.300. The molecule has 1 N–H and O–H groups in total. The lowest BCUT2D eigenvalue weighted by Crippen LogP contribution is -2.28. The van der Waals surface area contributed by atoms with Crippen LogP contribution in [-0.4, -0.2) is 30.4 Å². The zero-order chi connectivity index (χ0) is 18.7. The maximum Gasteiger partial charge on any atom is 0.229 e. The van der Waals surface area contributed by atoms with Crippen LogP contribution in [0.15, 0.2) is 42.5 Å². The van der Waals surface area contributed by atoms with E-state index in [-0.39, 0.29) is 24.2 Å². The molecule has 0 radical (unpaired) electrons. The number of hydrogen-bond acceptors (Lipinski definition) is 3. The van der Waals surface area contributed by atoms with Gasteiger partial charge in [-0.05, 0) is 24.1 Å². The first-order valence-electron chi connectivity index (χ1n) is 8.44. The number of halogens is 1. The second-order valence-corrected chi connectivity index (χ2v) is 6.86. The lowest BCUT2D eigenvalue weighted by atomic mass is 10.1. The third-order valence-corrected chi connectivity index (χ3v) is 4.95. The lowest BCUT2D eigenvalue weighted by Gasteiger charge is -2.17. The van der Waals surface area contributed by atoms with Crippen molar-refractivity contribution in [2.24, 2.45) is 5.92 Å². The molecule has 5 nitrogen and oxygen atoms in total. The molecule has 1 atom stereocenters. The molecule has 1 unspecified atom stereocenters. The molecule has 1 aliphatic rings. The van der Waals surface area contributed by atoms with E-state index >= 15 is 0 Å². The van der Waals surface area contributed by atoms with Gasteiger partial charge in [0, 0.05) is 30.6 Å². The molecule has 3 rings (SSSR count). The van der Waals surface area contributed by atoms with Crippen LogP contribution in [-0.2, 0) is 16.1 Å². The zero-order valence-corrected chi connectivity index (χ0v) is 15.5. The summed E-state index contributed by atoms with van der Waals surface area (Å²) in [4.78, 5) is 26.6. The molecule has 0 aromatic heterocycles. The Morgan fingerprint density at radius 3 is 2.73 bits per heavy atom. The Morgan fingerprint density at radius 2 is 2.04 bits per heavy atom. The van der Waals surface area contributed by atoms with Gasteiger partial charge in [-0.1, -0.05) is 41.9 Å². The maximum atomic E-state index is 12.6. The highest BCUT2D eigenvalue weighted by Crippen LogP contribution is 2.32. The van der Waals surface area contributed by atoms with Crippen molar-refractivity contribution in [3.8, 4) is 5.75 Å². The monoisotopic (exact) mass is 372 g/mol. The number of aryl methyl sites for hydroxylation is 1. The third-order valence-electron chi connectivity index (χ3n) is 4.54. The van der Waals surface area contributed by atoms with Crippen LogP contribution in [0.5, 0.6) is 5.75 Å². The van der Waals surface area contributed by atoms with Crippen molar-refractivity contribution in [3.63, 3.8) is 0 Å². The lowest BCUT2D eigenvalue weighted by molar-refractivity contribution is -0.128. The highest BCUT2D eigenvalue weighted by atomic mass is 35.5. The summed E-state index contributed by atoms with van der Waals surface area (Å²) in [5.41, 5.74) is 2.46. The minimum atomic E-state index is -0.382. The number of carbonyl (C=O) groups is 2. The standard InChI is InChI=1S/C20H21ClN2O3/c1-13-8-17(18(26-2)10-16(13)21)22-20(25)15-9-19(24)23(12-15)11-14-6-4-3-5-7-14/h3-8,10,15H,9,11-12H2,1-2H3,(H,22,25). The summed E-state index contributed by atoms with van der Waals surface area (Å²) in [5, 5.41) is 3.45. The van der Waals surface area contributed by atoms with Crippen molar-refractivity contribution in [1.29, 1.82) is 0 Å². The van der Waals surface area contributed by atoms with Crippen molar-refractivity contribution in [3.05, 3.63) is 58.6 Å². The first-order valence-corrected chi connectivity index (χ1v) is 8.82. The molecule has 1 fully saturated rings. The van der Waals surface area contributed by atoms with Crippen LogP contribution in [0.4, 0.5) is 5.69 Å². The molecule has 0 spiro atoms. The summed E-state index contributed by atoms with van der Waals surface area (Å²) >= 11 is 6.10. The first-order chi connectivity index (χ1) is 12.5. The number of hydrogen-bond donors (Lipinski definition) is 1. The fourth-order valence-corrected chi connectivity index (χ4v) is 3.22. The fourth-order valence-electron chi connectivity index (χ4n) is 3.07. The molecule has 1 heterocycles. The average molecular weight is 373 g/mol. The Hall–Kier alpha value is -2.53. The van der Waals surface area contributed by atoms with E-state index in [1.54, 1.807) is 17.0 Å². The van der Waals surface area contributed by atoms with Crippen LogP contribution in [0.2, 0.25) is 5.02 Å². The molecule has 2 aromatic rings. The summed E-state index contributed by atoms with van der Waals surface area (Å²) in [7, 11) is 1.53. The van der Waals surface area contributed by atoms with Gasteiger partial charge in [-0.2, -0.15) is 0 Å². The molecule has 6 heteroatoms. The second-order valence-electron chi connectivity index (χ2n) is 6.45. The summed E-state index contributed by atoms with van der Waals surface area (Å²) in [5.74, 6) is -0.0755. The van der Waals surface area contributed by atoms with Crippen LogP contribution in [0.25, 0.3) is 0 Å². The number of methoxy groups -OCH3 is 1. The molecule has 1 saturated heterocycles. The summed E-state index contributed by atoms with van der Waals surface area (Å²) in [6.45, 7) is 2.79. The van der Waals surface area contributed by atoms with E-state index in [0.29, 0.717) is 29.5 Å². The predicted molar refractivity (Wildman–Crippen MR) is 101 cm³/mol. The van der Waals surface area contributed by atoms with Crippen LogP contribution < -0.4 is 10.1 Å². The maximum absolute atomic E-state index is 12.6. The second kappa shape index (κ2) is 7.79. The van der Waals surface area contributed by atoms with E-state index in [9.17, 15) is 9.59 Å². The molecule has 0 aliphatic carbocycles. The minimum Gasteiger partial charge on any atom is -0.495 e. The minimum absolute atomic E-state index is 0.00625. The number of amides is 2. The molecule has 1 aliphatic heterocycles. The predicted octanol–water partition coefficient (Wildman–Crippen LogP) is 3.64. The number of anilines is 1. The van der Waals surface area contributed by atoms with Crippen molar-refractivity contribution in [1.82, 2.24) is 4.90 Å². The van der Waals surface area contributed by atoms with E-state index in [0.717, 1.165) is 11.1 Å². The van der Waals surface area contributed by atoms with E-state index in [4.69, 9.17) is 16.3 Å². The Balaban J connectivity index is 1.68. The van der Waals surface area contributed by atoms with Gasteiger partial charge in [-0.3, -0.25) is 9.59 Å². The van der Waals surface area contributed by atoms with Gasteiger partial charge in [0.1, 0.15) is 5.75 Å². The van der Waals surface area contributed by atoms with Crippen LogP contribution in [0.1, 0.15) is 17.5 Å². The van der Waals surface area contributed by atoms with Gasteiger partial charge < -0.3 is 15.0 Å². The number of nitrogens with zero attached hydrogens (tertiary/aromatic N) is 1. The van der Waals surface area contributed by atoms with Crippen LogP contribution in [0, 0.1) is 12.8 Å². The number of carbonyl (C=O) groups excluding carboxylic acids is 2. The number of nitrogens with one attached hydrogen (secondary N) is 1. The first kappa shape index (κ1) is 18.3. The van der Waals surface area contributed by atoms with Gasteiger partial charge in [-0.15, -0.1) is 0 Å². The Bertz CT molecular complexity index is 823. The molecule has 0 bridgehead atoms. The zero-order valence-electron chi connectivity index (χ0n) is 14.8. The quantitative estimate of drug-likeness (QED) is 0.871. The van der Waals surface area contributed by atoms with Gasteiger partial charge >= 0.3 is 0 Å². The van der Waals surface area contributed by atoms with Gasteiger partial charge in [0.15, 0.2) is 0 Å². The molecular weight excluding hydrogens is 352 g/mol. The van der Waals surface area contributed by atoms with E-state index in [2.05, 4.69) is 5.32 Å². The molecule has 0 saturated carbocycles. The highest BCUT2D eigenvalue weighted by Gasteiger charge is 2.34. The summed E-state index contributed by atoms with van der Waals surface area (Å²) in [6, 6.07) is 13.2. The number of benzene rings is 2. The number of rotatable bonds is 5. The smallest absolute Gasteiger partial charge is 0.229 e. The van der Waals surface area contributed by atoms with Crippen molar-refractivity contribution < 1.29 is 14.3 Å². The molecule has 2 amide bonds. The van der Waals surface area contributed by atoms with Crippen LogP contribution in [0.3, 0.4) is 0 Å². The Kier molecular flexibility index (Phi) is 5.47. The average Bonchev–Trinajstić information content (AvgIpc) is 2.99. The van der Waals surface area contributed by atoms with Crippen molar-refractivity contribution in [2.45, 2.75) is 19.9 Å². The van der Waals surface area contributed by atoms with Gasteiger partial charge in [0.2, 0.25) is 11.8 Å². The Labute approximate surface area is 157 Å². The topological polar surface area (TPSA) is 58.6 Å². The van der Waals surface area contributed by atoms with Crippen LogP contribution >= 0.6 is 11.6 Å². The van der Waals surface area contributed by atoms with E-state index in [1.807, 2.05) is 37.3 Å². The molecule has 2 aromatic carbocycles. The normalized spacial score (nSPS) is 16.7. The van der Waals surface area contributed by atoms with Crippen molar-refractivity contribution in [2.75, 3.05) is 19.0 Å².